The summed E-state index contributed by atoms with van der Waals surface area (Å²) >= 11 is 3.11. The maximum Gasteiger partial charge on any atom is 0.336 e. The first-order chi connectivity index (χ1) is 35.0. The average Bonchev–Trinajstić information content (AvgIpc) is 4.22. The summed E-state index contributed by atoms with van der Waals surface area (Å²) < 4.78 is 15.4. The zero-order valence-corrected chi connectivity index (χ0v) is 44.3. The molecular formula is C54H64N10O7S2. The standard InChI is InChI=1S/C27H31N5O3S.C19H21N3O3S.C8H12N2O/c1-16-9-17(2)30-27(34)23(16)12-28-26(33)22-11-21-10-20(24-14-36-15-29-24)13-32(21)25(18(22)3)19(4)31-5-7-35-8-6-31;1-12-16(19(23)24)8-15-7-14(17-10-26-11-20-17)9-22(15)18(12)13(2)21-3-5-25-6-4-21;1-5-3-6(2)10-8(11)7(5)4-9/h9-11,13-15,19H,5-8,12H2,1-4H3,(H,28,33)(H,30,34);7-11,13H,3-6H2,1-2H3,(H,23,24);3H,4,9H2,1-2H3,(H,10,11). The molecule has 0 aromatic carbocycles. The number of aromatic carboxylic acids is 1. The third kappa shape index (κ3) is 11.6. The molecule has 2 atom stereocenters. The van der Waals surface area contributed by atoms with E-state index in [2.05, 4.69) is 76.2 Å². The highest BCUT2D eigenvalue weighted by Gasteiger charge is 2.28. The molecule has 384 valence electrons. The van der Waals surface area contributed by atoms with Crippen LogP contribution in [0.3, 0.4) is 0 Å². The molecule has 2 aliphatic heterocycles. The van der Waals surface area contributed by atoms with E-state index in [0.717, 1.165) is 105 Å². The second-order valence-corrected chi connectivity index (χ2v) is 20.1. The Bertz CT molecular complexity index is 3360. The van der Waals surface area contributed by atoms with Gasteiger partial charge in [0.25, 0.3) is 17.0 Å². The molecule has 0 aliphatic carbocycles. The van der Waals surface area contributed by atoms with Crippen LogP contribution >= 0.6 is 22.7 Å². The quantitative estimate of drug-likeness (QED) is 0.0835. The van der Waals surface area contributed by atoms with Gasteiger partial charge in [-0.05, 0) is 114 Å². The van der Waals surface area contributed by atoms with E-state index in [1.165, 1.54) is 0 Å². The smallest absolute Gasteiger partial charge is 0.336 e. The Morgan fingerprint density at radius 1 is 0.685 bits per heavy atom. The van der Waals surface area contributed by atoms with Crippen molar-refractivity contribution in [3.63, 3.8) is 0 Å². The van der Waals surface area contributed by atoms with Crippen molar-refractivity contribution in [3.8, 4) is 22.5 Å². The fourth-order valence-corrected chi connectivity index (χ4v) is 11.1. The van der Waals surface area contributed by atoms with Crippen LogP contribution in [0, 0.1) is 41.5 Å². The number of morpholine rings is 2. The number of thiazole rings is 2. The molecule has 0 radical (unpaired) electrons. The number of fused-ring (bicyclic) bond motifs is 2. The first-order valence-corrected chi connectivity index (χ1v) is 26.2. The maximum absolute atomic E-state index is 13.5. The Morgan fingerprint density at radius 2 is 1.12 bits per heavy atom. The van der Waals surface area contributed by atoms with E-state index in [9.17, 15) is 24.3 Å². The van der Waals surface area contributed by atoms with Crippen molar-refractivity contribution in [1.82, 2.24) is 43.9 Å². The number of carbonyl (C=O) groups excluding carboxylic acids is 1. The minimum absolute atomic E-state index is 0.0648. The Morgan fingerprint density at radius 3 is 1.53 bits per heavy atom. The molecule has 2 unspecified atom stereocenters. The van der Waals surface area contributed by atoms with Crippen molar-refractivity contribution in [2.45, 2.75) is 80.6 Å². The largest absolute Gasteiger partial charge is 0.478 e. The van der Waals surface area contributed by atoms with Crippen molar-refractivity contribution in [2.24, 2.45) is 5.73 Å². The molecule has 17 nitrogen and oxygen atoms in total. The van der Waals surface area contributed by atoms with Gasteiger partial charge in [-0.1, -0.05) is 0 Å². The number of nitrogens with one attached hydrogen (secondary N) is 3. The van der Waals surface area contributed by atoms with E-state index < -0.39 is 5.97 Å². The molecule has 10 rings (SSSR count). The normalized spacial score (nSPS) is 15.1. The van der Waals surface area contributed by atoms with Gasteiger partial charge in [-0.25, -0.2) is 14.8 Å². The summed E-state index contributed by atoms with van der Waals surface area (Å²) in [5, 5.41) is 16.7. The van der Waals surface area contributed by atoms with Gasteiger partial charge in [0, 0.05) is 136 Å². The van der Waals surface area contributed by atoms with Crippen LogP contribution in [0.25, 0.3) is 33.5 Å². The van der Waals surface area contributed by atoms with Gasteiger partial charge in [0.15, 0.2) is 0 Å². The monoisotopic (exact) mass is 1030 g/mol. The van der Waals surface area contributed by atoms with Gasteiger partial charge in [0.2, 0.25) is 0 Å². The van der Waals surface area contributed by atoms with Gasteiger partial charge in [-0.15, -0.1) is 22.7 Å². The second-order valence-electron chi connectivity index (χ2n) is 18.7. The Hall–Kier alpha value is -6.58. The van der Waals surface area contributed by atoms with E-state index >= 15 is 0 Å². The van der Waals surface area contributed by atoms with Crippen LogP contribution in [0.4, 0.5) is 0 Å². The van der Waals surface area contributed by atoms with Gasteiger partial charge >= 0.3 is 5.97 Å². The van der Waals surface area contributed by atoms with Crippen molar-refractivity contribution >= 4 is 45.6 Å². The van der Waals surface area contributed by atoms with Gasteiger partial charge in [-0.3, -0.25) is 24.2 Å². The summed E-state index contributed by atoms with van der Waals surface area (Å²) in [6.07, 6.45) is 4.18. The van der Waals surface area contributed by atoms with E-state index in [0.29, 0.717) is 55.2 Å². The number of amides is 1. The number of carbonyl (C=O) groups is 2. The first kappa shape index (κ1) is 52.7. The van der Waals surface area contributed by atoms with Gasteiger partial charge < -0.3 is 44.4 Å². The molecule has 73 heavy (non-hydrogen) atoms. The van der Waals surface area contributed by atoms with Crippen LogP contribution < -0.4 is 22.2 Å². The lowest BCUT2D eigenvalue weighted by Gasteiger charge is -2.34. The molecule has 19 heteroatoms. The predicted molar refractivity (Wildman–Crippen MR) is 287 cm³/mol. The number of H-pyrrole nitrogens is 2. The topological polar surface area (TPSA) is 218 Å². The molecule has 2 aliphatic rings. The summed E-state index contributed by atoms with van der Waals surface area (Å²) in [5.74, 6) is -1.09. The summed E-state index contributed by atoms with van der Waals surface area (Å²) in [6.45, 7) is 22.4. The molecule has 1 amide bonds. The van der Waals surface area contributed by atoms with Gasteiger partial charge in [0.05, 0.1) is 54.4 Å². The molecule has 8 aromatic heterocycles. The lowest BCUT2D eigenvalue weighted by atomic mass is 10.0. The maximum atomic E-state index is 13.5. The highest BCUT2D eigenvalue weighted by Crippen LogP contribution is 2.34. The SMILES string of the molecule is Cc1c(C(=O)O)cc2cc(-c3cscn3)cn2c1C(C)N1CCOCC1.Cc1cc(C)c(CN)c(=O)[nH]1.Cc1cc(C)c(CNC(=O)c2cc3cc(-c4cscn4)cn3c(C(C)N3CCOCC3)c2C)c(=O)[nH]1. The fraction of sp³-hybridized carbons (Fsp3) is 0.370. The van der Waals surface area contributed by atoms with Crippen molar-refractivity contribution in [2.75, 3.05) is 52.6 Å². The van der Waals surface area contributed by atoms with E-state index in [4.69, 9.17) is 15.2 Å². The lowest BCUT2D eigenvalue weighted by molar-refractivity contribution is 0.0186. The highest BCUT2D eigenvalue weighted by molar-refractivity contribution is 7.08. The lowest BCUT2D eigenvalue weighted by Crippen LogP contribution is -2.39. The van der Waals surface area contributed by atoms with Gasteiger partial charge in [-0.2, -0.15) is 0 Å². The third-order valence-corrected chi connectivity index (χ3v) is 15.1. The number of nitrogens with two attached hydrogens (primary N) is 1. The van der Waals surface area contributed by atoms with Crippen molar-refractivity contribution in [3.05, 3.63) is 159 Å². The highest BCUT2D eigenvalue weighted by atomic mass is 32.1. The number of aromatic nitrogens is 6. The summed E-state index contributed by atoms with van der Waals surface area (Å²) in [5.41, 5.74) is 24.0. The first-order valence-electron chi connectivity index (χ1n) is 24.4. The van der Waals surface area contributed by atoms with Gasteiger partial charge in [0.1, 0.15) is 0 Å². The molecule has 2 fully saturated rings. The molecule has 2 saturated heterocycles. The number of aromatic amines is 2. The number of hydrogen-bond donors (Lipinski definition) is 5. The molecule has 0 saturated carbocycles. The summed E-state index contributed by atoms with van der Waals surface area (Å²) in [7, 11) is 0. The molecule has 8 aromatic rings. The number of hydrogen-bond acceptors (Lipinski definition) is 13. The summed E-state index contributed by atoms with van der Waals surface area (Å²) in [4.78, 5) is 68.0. The Labute approximate surface area is 431 Å². The third-order valence-electron chi connectivity index (χ3n) is 13.9. The van der Waals surface area contributed by atoms with E-state index in [-0.39, 0.29) is 35.7 Å². The molecule has 0 spiro atoms. The van der Waals surface area contributed by atoms with Crippen LogP contribution in [0.5, 0.6) is 0 Å². The number of carboxylic acid groups (broad SMARTS) is 1. The van der Waals surface area contributed by atoms with Crippen LogP contribution in [0.2, 0.25) is 0 Å². The number of rotatable bonds is 11. The van der Waals surface area contributed by atoms with Crippen LogP contribution in [0.1, 0.15) is 103 Å². The number of carboxylic acids is 1. The van der Waals surface area contributed by atoms with Crippen LogP contribution in [0.15, 0.2) is 80.2 Å². The van der Waals surface area contributed by atoms with E-state index in [1.807, 2.05) is 87.6 Å². The van der Waals surface area contributed by atoms with Crippen LogP contribution in [-0.4, -0.2) is 108 Å². The van der Waals surface area contributed by atoms with Crippen LogP contribution in [-0.2, 0) is 22.6 Å². The van der Waals surface area contributed by atoms with Crippen molar-refractivity contribution < 1.29 is 24.2 Å². The molecule has 0 bridgehead atoms. The number of pyridine rings is 4. The van der Waals surface area contributed by atoms with E-state index in [1.54, 1.807) is 28.7 Å². The zero-order chi connectivity index (χ0) is 52.1. The fourth-order valence-electron chi connectivity index (χ4n) is 10.0. The molecule has 10 heterocycles. The Balaban J connectivity index is 0.000000167. The number of ether oxygens (including phenoxy) is 2. The Kier molecular flexibility index (Phi) is 16.7. The zero-order valence-electron chi connectivity index (χ0n) is 42.6. The number of nitrogens with zero attached hydrogens (tertiary/aromatic N) is 6. The van der Waals surface area contributed by atoms with Crippen molar-refractivity contribution in [1.29, 1.82) is 0 Å². The predicted octanol–water partition coefficient (Wildman–Crippen LogP) is 7.91. The summed E-state index contributed by atoms with van der Waals surface area (Å²) in [6, 6.07) is 11.8. The minimum atomic E-state index is -0.892. The minimum Gasteiger partial charge on any atom is -0.478 e. The number of aryl methyl sites for hydroxylation is 4. The average molecular weight is 1030 g/mol. The second kappa shape index (κ2) is 23.1. The molecular weight excluding hydrogens is 965 g/mol. The molecule has 6 N–H and O–H groups in total.